The van der Waals surface area contributed by atoms with Crippen LogP contribution in [0.4, 0.5) is 5.82 Å². The molecule has 0 saturated carbocycles. The molecule has 0 radical (unpaired) electrons. The lowest BCUT2D eigenvalue weighted by molar-refractivity contribution is 0.112. The summed E-state index contributed by atoms with van der Waals surface area (Å²) in [7, 11) is 0. The highest BCUT2D eigenvalue weighted by Gasteiger charge is 2.20. The molecule has 0 unspecified atom stereocenters. The molecule has 1 aliphatic heterocycles. The first-order chi connectivity index (χ1) is 11.8. The van der Waals surface area contributed by atoms with Crippen LogP contribution in [0.2, 0.25) is 0 Å². The number of aromatic hydroxyl groups is 1. The Kier molecular flexibility index (Phi) is 3.62. The van der Waals surface area contributed by atoms with Crippen molar-refractivity contribution >= 4 is 23.1 Å². The zero-order valence-electron chi connectivity index (χ0n) is 12.9. The number of fused-ring (bicyclic) bond motifs is 1. The van der Waals surface area contributed by atoms with Gasteiger partial charge in [-0.3, -0.25) is 4.79 Å². The second-order valence-electron chi connectivity index (χ2n) is 5.61. The molecule has 0 spiro atoms. The third-order valence-electron chi connectivity index (χ3n) is 4.23. The first kappa shape index (κ1) is 14.6. The lowest BCUT2D eigenvalue weighted by Gasteiger charge is -2.28. The predicted octanol–water partition coefficient (Wildman–Crippen LogP) is 1.98. The number of aromatic nitrogens is 3. The number of nitrogens with one attached hydrogen (secondary N) is 1. The standard InChI is InChI=1S/C17H16N4O3/c22-9-12-7-11(1-2-14(12)23)13-8-18-16-15(13)17(20-10-19-16)21-3-5-24-6-4-21/h1-2,7-10,23H,3-6H2,(H,18,19,20). The summed E-state index contributed by atoms with van der Waals surface area (Å²) in [5.41, 5.74) is 2.72. The first-order valence-corrected chi connectivity index (χ1v) is 7.71. The van der Waals surface area contributed by atoms with E-state index in [1.54, 1.807) is 18.5 Å². The quantitative estimate of drug-likeness (QED) is 0.716. The molecule has 0 atom stereocenters. The number of anilines is 1. The van der Waals surface area contributed by atoms with Crippen LogP contribution in [0.5, 0.6) is 5.75 Å². The van der Waals surface area contributed by atoms with Crippen molar-refractivity contribution in [2.75, 3.05) is 31.2 Å². The minimum absolute atomic E-state index is 0.0294. The van der Waals surface area contributed by atoms with Gasteiger partial charge in [-0.05, 0) is 17.7 Å². The van der Waals surface area contributed by atoms with Crippen LogP contribution >= 0.6 is 0 Å². The van der Waals surface area contributed by atoms with Crippen molar-refractivity contribution in [1.29, 1.82) is 0 Å². The summed E-state index contributed by atoms with van der Waals surface area (Å²) < 4.78 is 5.41. The van der Waals surface area contributed by atoms with Gasteiger partial charge in [0.15, 0.2) is 6.29 Å². The summed E-state index contributed by atoms with van der Waals surface area (Å²) in [5, 5.41) is 10.6. The van der Waals surface area contributed by atoms with Crippen molar-refractivity contribution in [2.45, 2.75) is 0 Å². The second kappa shape index (κ2) is 5.93. The van der Waals surface area contributed by atoms with E-state index in [4.69, 9.17) is 4.74 Å². The van der Waals surface area contributed by atoms with Gasteiger partial charge in [-0.15, -0.1) is 0 Å². The molecule has 1 fully saturated rings. The van der Waals surface area contributed by atoms with Gasteiger partial charge in [-0.2, -0.15) is 0 Å². The molecule has 4 rings (SSSR count). The number of carbonyl (C=O) groups is 1. The summed E-state index contributed by atoms with van der Waals surface area (Å²) in [4.78, 5) is 25.2. The largest absolute Gasteiger partial charge is 0.507 e. The monoisotopic (exact) mass is 324 g/mol. The van der Waals surface area contributed by atoms with Crippen molar-refractivity contribution in [2.24, 2.45) is 0 Å². The van der Waals surface area contributed by atoms with Crippen molar-refractivity contribution in [3.8, 4) is 16.9 Å². The molecule has 0 bridgehead atoms. The predicted molar refractivity (Wildman–Crippen MR) is 89.4 cm³/mol. The maximum Gasteiger partial charge on any atom is 0.153 e. The molecule has 7 nitrogen and oxygen atoms in total. The Labute approximate surface area is 137 Å². The fourth-order valence-electron chi connectivity index (χ4n) is 3.01. The van der Waals surface area contributed by atoms with Crippen LogP contribution in [0.15, 0.2) is 30.7 Å². The molecule has 0 aliphatic carbocycles. The Bertz CT molecular complexity index is 900. The molecule has 24 heavy (non-hydrogen) atoms. The summed E-state index contributed by atoms with van der Waals surface area (Å²) in [6, 6.07) is 4.97. The van der Waals surface area contributed by atoms with E-state index in [0.717, 1.165) is 41.1 Å². The van der Waals surface area contributed by atoms with Gasteiger partial charge in [-0.1, -0.05) is 6.07 Å². The number of aromatic amines is 1. The smallest absolute Gasteiger partial charge is 0.153 e. The number of rotatable bonds is 3. The maximum atomic E-state index is 11.1. The number of H-pyrrole nitrogens is 1. The Morgan fingerprint density at radius 2 is 2.08 bits per heavy atom. The highest BCUT2D eigenvalue weighted by Crippen LogP contribution is 2.35. The van der Waals surface area contributed by atoms with Gasteiger partial charge >= 0.3 is 0 Å². The van der Waals surface area contributed by atoms with Crippen molar-refractivity contribution in [3.05, 3.63) is 36.3 Å². The van der Waals surface area contributed by atoms with Crippen LogP contribution in [0.1, 0.15) is 10.4 Å². The summed E-state index contributed by atoms with van der Waals surface area (Å²) in [6.45, 7) is 2.87. The van der Waals surface area contributed by atoms with Crippen LogP contribution in [-0.2, 0) is 4.74 Å². The molecule has 1 aliphatic rings. The highest BCUT2D eigenvalue weighted by molar-refractivity contribution is 6.01. The molecule has 1 saturated heterocycles. The number of hydrogen-bond acceptors (Lipinski definition) is 6. The molecular formula is C17H16N4O3. The molecule has 1 aromatic carbocycles. The molecule has 3 heterocycles. The molecule has 2 aromatic heterocycles. The number of benzene rings is 1. The minimum Gasteiger partial charge on any atom is -0.507 e. The molecule has 122 valence electrons. The molecule has 7 heteroatoms. The summed E-state index contributed by atoms with van der Waals surface area (Å²) in [5.74, 6) is 0.818. The van der Waals surface area contributed by atoms with Gasteiger partial charge < -0.3 is 19.7 Å². The third-order valence-corrected chi connectivity index (χ3v) is 4.23. The van der Waals surface area contributed by atoms with Crippen LogP contribution in [0, 0.1) is 0 Å². The van der Waals surface area contributed by atoms with E-state index in [9.17, 15) is 9.90 Å². The van der Waals surface area contributed by atoms with E-state index in [1.807, 2.05) is 6.20 Å². The molecule has 3 aromatic rings. The first-order valence-electron chi connectivity index (χ1n) is 7.71. The van der Waals surface area contributed by atoms with E-state index >= 15 is 0 Å². The summed E-state index contributed by atoms with van der Waals surface area (Å²) in [6.07, 6.45) is 4.04. The number of phenols is 1. The third kappa shape index (κ3) is 2.39. The van der Waals surface area contributed by atoms with E-state index in [2.05, 4.69) is 19.9 Å². The molecular weight excluding hydrogens is 308 g/mol. The Balaban J connectivity index is 1.88. The lowest BCUT2D eigenvalue weighted by atomic mass is 10.0. The maximum absolute atomic E-state index is 11.1. The number of ether oxygens (including phenoxy) is 1. The normalized spacial score (nSPS) is 14.9. The van der Waals surface area contributed by atoms with Gasteiger partial charge in [0.05, 0.1) is 24.2 Å². The van der Waals surface area contributed by atoms with Gasteiger partial charge in [-0.25, -0.2) is 9.97 Å². The topological polar surface area (TPSA) is 91.3 Å². The lowest BCUT2D eigenvalue weighted by Crippen LogP contribution is -2.36. The van der Waals surface area contributed by atoms with E-state index < -0.39 is 0 Å². The van der Waals surface area contributed by atoms with Crippen LogP contribution in [0.3, 0.4) is 0 Å². The number of aldehydes is 1. The summed E-state index contributed by atoms with van der Waals surface area (Å²) >= 11 is 0. The van der Waals surface area contributed by atoms with Gasteiger partial charge in [0.1, 0.15) is 23.5 Å². The Morgan fingerprint density at radius 3 is 2.88 bits per heavy atom. The van der Waals surface area contributed by atoms with Crippen molar-refractivity contribution in [3.63, 3.8) is 0 Å². The number of carbonyl (C=O) groups excluding carboxylic acids is 1. The number of hydrogen-bond donors (Lipinski definition) is 2. The highest BCUT2D eigenvalue weighted by atomic mass is 16.5. The zero-order valence-corrected chi connectivity index (χ0v) is 12.9. The molecule has 2 N–H and O–H groups in total. The Morgan fingerprint density at radius 1 is 1.25 bits per heavy atom. The number of nitrogens with zero attached hydrogens (tertiary/aromatic N) is 3. The van der Waals surface area contributed by atoms with Crippen LogP contribution in [0.25, 0.3) is 22.2 Å². The average Bonchev–Trinajstić information content (AvgIpc) is 3.07. The SMILES string of the molecule is O=Cc1cc(-c2c[nH]c3ncnc(N4CCOCC4)c23)ccc1O. The average molecular weight is 324 g/mol. The van der Waals surface area contributed by atoms with Crippen LogP contribution in [-0.4, -0.2) is 52.6 Å². The minimum atomic E-state index is -0.0294. The number of phenolic OH excluding ortho intramolecular Hbond substituents is 1. The fraction of sp³-hybridized carbons (Fsp3) is 0.235. The Hall–Kier alpha value is -2.93. The van der Waals surface area contributed by atoms with E-state index in [1.165, 1.54) is 6.07 Å². The van der Waals surface area contributed by atoms with Crippen molar-refractivity contribution < 1.29 is 14.6 Å². The fourth-order valence-corrected chi connectivity index (χ4v) is 3.01. The zero-order chi connectivity index (χ0) is 16.5. The van der Waals surface area contributed by atoms with Crippen LogP contribution < -0.4 is 4.90 Å². The van der Waals surface area contributed by atoms with Gasteiger partial charge in [0.25, 0.3) is 0 Å². The van der Waals surface area contributed by atoms with E-state index in [0.29, 0.717) is 19.5 Å². The molecule has 0 amide bonds. The van der Waals surface area contributed by atoms with Gasteiger partial charge in [0, 0.05) is 24.8 Å². The van der Waals surface area contributed by atoms with Crippen molar-refractivity contribution in [1.82, 2.24) is 15.0 Å². The number of morpholine rings is 1. The van der Waals surface area contributed by atoms with Gasteiger partial charge in [0.2, 0.25) is 0 Å². The van der Waals surface area contributed by atoms with E-state index in [-0.39, 0.29) is 11.3 Å². The second-order valence-corrected chi connectivity index (χ2v) is 5.61.